The topological polar surface area (TPSA) is 95.9 Å². The monoisotopic (exact) mass is 223 g/mol. The third-order valence-corrected chi connectivity index (χ3v) is 2.34. The van der Waals surface area contributed by atoms with Gasteiger partial charge in [-0.2, -0.15) is 0 Å². The Kier molecular flexibility index (Phi) is 9.39. The summed E-state index contributed by atoms with van der Waals surface area (Å²) in [7, 11) is -7.81. The molecule has 0 aromatic carbocycles. The number of rotatable bonds is 5. The van der Waals surface area contributed by atoms with E-state index in [2.05, 4.69) is 15.4 Å². The largest absolute Gasteiger partial charge is 1.00 e. The Hall–Kier alpha value is 0.910. The van der Waals surface area contributed by atoms with Crippen LogP contribution in [0.2, 0.25) is 0 Å². The fourth-order valence-electron chi connectivity index (χ4n) is 0.253. The molecule has 64 valence electrons. The molecule has 0 aliphatic rings. The molecule has 1 N–H and O–H groups in total. The fourth-order valence-corrected chi connectivity index (χ4v) is 1.41. The molecule has 0 radical (unpaired) electrons. The van der Waals surface area contributed by atoms with Crippen molar-refractivity contribution in [2.75, 3.05) is 6.61 Å². The molecular formula is C3H6NaO6P2+. The Labute approximate surface area is 92.4 Å². The third kappa shape index (κ3) is 9.00. The van der Waals surface area contributed by atoms with Gasteiger partial charge in [0.2, 0.25) is 0 Å². The standard InChI is InChI=1S/C3H6O6P2.Na/c1-2-3-8-11(6,7)9-10(4)5;/h2H,1,3H2,(H-,4,5,6,7);/q;+1. The van der Waals surface area contributed by atoms with Crippen LogP contribution < -0.4 is 34.5 Å². The van der Waals surface area contributed by atoms with Crippen molar-refractivity contribution in [2.24, 2.45) is 0 Å². The van der Waals surface area contributed by atoms with Gasteiger partial charge < -0.3 is 9.42 Å². The normalized spacial score (nSPS) is 15.7. The van der Waals surface area contributed by atoms with Gasteiger partial charge in [0.1, 0.15) is 0 Å². The van der Waals surface area contributed by atoms with Gasteiger partial charge in [0.15, 0.2) is 0 Å². The fraction of sp³-hybridized carbons (Fsp3) is 0.333. The molecule has 0 amide bonds. The summed E-state index contributed by atoms with van der Waals surface area (Å²) in [6, 6.07) is 0. The van der Waals surface area contributed by atoms with Crippen molar-refractivity contribution in [1.82, 2.24) is 0 Å². The second kappa shape index (κ2) is 7.33. The van der Waals surface area contributed by atoms with Gasteiger partial charge in [0, 0.05) is 4.57 Å². The molecule has 0 saturated heterocycles. The average molecular weight is 223 g/mol. The van der Waals surface area contributed by atoms with E-state index in [-0.39, 0.29) is 36.2 Å². The molecule has 6 nitrogen and oxygen atoms in total. The Morgan fingerprint density at radius 1 is 1.75 bits per heavy atom. The van der Waals surface area contributed by atoms with E-state index in [4.69, 9.17) is 4.89 Å². The van der Waals surface area contributed by atoms with Crippen molar-refractivity contribution < 1.29 is 57.3 Å². The summed E-state index contributed by atoms with van der Waals surface area (Å²) in [5.74, 6) is 0. The van der Waals surface area contributed by atoms with E-state index in [0.29, 0.717) is 0 Å². The zero-order valence-corrected chi connectivity index (χ0v) is 10.2. The molecule has 0 bridgehead atoms. The van der Waals surface area contributed by atoms with Gasteiger partial charge in [0.25, 0.3) is 0 Å². The molecular weight excluding hydrogens is 217 g/mol. The molecule has 0 rings (SSSR count). The Balaban J connectivity index is 0. The molecule has 2 unspecified atom stereocenters. The van der Waals surface area contributed by atoms with E-state index >= 15 is 0 Å². The Bertz CT molecular complexity index is 205. The predicted octanol–water partition coefficient (Wildman–Crippen LogP) is -2.67. The minimum atomic E-state index is -4.62. The molecule has 0 fully saturated rings. The van der Waals surface area contributed by atoms with Crippen molar-refractivity contribution >= 4 is 16.1 Å². The van der Waals surface area contributed by atoms with Gasteiger partial charge in [-0.1, -0.05) is 6.08 Å². The predicted molar refractivity (Wildman–Crippen MR) is 34.7 cm³/mol. The van der Waals surface area contributed by atoms with Crippen LogP contribution in [0, 0.1) is 0 Å². The minimum Gasteiger partial charge on any atom is -0.753 e. The van der Waals surface area contributed by atoms with E-state index in [0.717, 1.165) is 0 Å². The van der Waals surface area contributed by atoms with Crippen LogP contribution in [0.25, 0.3) is 0 Å². The van der Waals surface area contributed by atoms with E-state index < -0.39 is 16.1 Å². The zero-order chi connectivity index (χ0) is 8.91. The minimum absolute atomic E-state index is 0. The van der Waals surface area contributed by atoms with Crippen LogP contribution in [-0.4, -0.2) is 11.5 Å². The second-order valence-electron chi connectivity index (χ2n) is 1.35. The summed E-state index contributed by atoms with van der Waals surface area (Å²) < 4.78 is 27.8. The number of phosphoric ester groups is 1. The van der Waals surface area contributed by atoms with Crippen LogP contribution in [-0.2, 0) is 18.0 Å². The van der Waals surface area contributed by atoms with Crippen LogP contribution in [0.1, 0.15) is 0 Å². The van der Waals surface area contributed by atoms with E-state index in [1.54, 1.807) is 0 Å². The van der Waals surface area contributed by atoms with Crippen molar-refractivity contribution in [3.63, 3.8) is 0 Å². The second-order valence-corrected chi connectivity index (χ2v) is 3.63. The Morgan fingerprint density at radius 3 is 2.58 bits per heavy atom. The summed E-state index contributed by atoms with van der Waals surface area (Å²) in [6.07, 6.45) is 1.17. The van der Waals surface area contributed by atoms with Crippen LogP contribution in [0.15, 0.2) is 12.7 Å². The van der Waals surface area contributed by atoms with Crippen molar-refractivity contribution in [2.45, 2.75) is 0 Å². The summed E-state index contributed by atoms with van der Waals surface area (Å²) in [4.78, 5) is 18.4. The van der Waals surface area contributed by atoms with Gasteiger partial charge in [-0.05, 0) is 4.31 Å². The molecule has 12 heavy (non-hydrogen) atoms. The van der Waals surface area contributed by atoms with Crippen molar-refractivity contribution in [3.05, 3.63) is 12.7 Å². The number of hydrogen-bond acceptors (Lipinski definition) is 5. The van der Waals surface area contributed by atoms with Crippen molar-refractivity contribution in [3.8, 4) is 0 Å². The first-order valence-corrected chi connectivity index (χ1v) is 4.99. The summed E-state index contributed by atoms with van der Waals surface area (Å²) >= 11 is 0. The number of phosphoric acid groups is 1. The molecule has 0 aliphatic heterocycles. The van der Waals surface area contributed by atoms with Gasteiger partial charge in [-0.25, -0.2) is 0 Å². The molecule has 0 aliphatic carbocycles. The summed E-state index contributed by atoms with van der Waals surface area (Å²) in [5, 5.41) is 0. The smallest absolute Gasteiger partial charge is 0.753 e. The first-order valence-electron chi connectivity index (χ1n) is 2.40. The molecule has 0 spiro atoms. The summed E-state index contributed by atoms with van der Waals surface area (Å²) in [6.45, 7) is 2.88. The van der Waals surface area contributed by atoms with Gasteiger partial charge in [-0.15, -0.1) is 11.5 Å². The van der Waals surface area contributed by atoms with Gasteiger partial charge in [-0.3, -0.25) is 4.57 Å². The maximum absolute atomic E-state index is 10.4. The number of hydrogen-bond donors (Lipinski definition) is 1. The zero-order valence-electron chi connectivity index (χ0n) is 6.37. The van der Waals surface area contributed by atoms with E-state index in [1.165, 1.54) is 6.08 Å². The van der Waals surface area contributed by atoms with E-state index in [9.17, 15) is 14.0 Å². The SMILES string of the molecule is C=CCOP(=O)([O-])O[P+](=O)O.[Na+]. The maximum Gasteiger partial charge on any atom is 1.00 e. The molecule has 0 saturated carbocycles. The van der Waals surface area contributed by atoms with Crippen LogP contribution >= 0.6 is 16.1 Å². The van der Waals surface area contributed by atoms with Crippen LogP contribution in [0.4, 0.5) is 0 Å². The van der Waals surface area contributed by atoms with Crippen LogP contribution in [0.5, 0.6) is 0 Å². The maximum atomic E-state index is 10.4. The van der Waals surface area contributed by atoms with Gasteiger partial charge >= 0.3 is 45.6 Å². The quantitative estimate of drug-likeness (QED) is 0.310. The van der Waals surface area contributed by atoms with Crippen LogP contribution in [0.3, 0.4) is 0 Å². The first-order chi connectivity index (χ1) is 4.98. The van der Waals surface area contributed by atoms with E-state index in [1.807, 2.05) is 0 Å². The van der Waals surface area contributed by atoms with Crippen molar-refractivity contribution in [1.29, 1.82) is 0 Å². The molecule has 0 aromatic heterocycles. The molecule has 0 aromatic rings. The average Bonchev–Trinajstić information content (AvgIpc) is 1.81. The van der Waals surface area contributed by atoms with Gasteiger partial charge in [0.05, 0.1) is 6.61 Å². The third-order valence-electron chi connectivity index (χ3n) is 0.520. The molecule has 9 heteroatoms. The first kappa shape index (κ1) is 15.4. The molecule has 2 atom stereocenters. The Morgan fingerprint density at radius 2 is 2.25 bits per heavy atom. The summed E-state index contributed by atoms with van der Waals surface area (Å²) in [5.41, 5.74) is 0. The molecule has 0 heterocycles.